The summed E-state index contributed by atoms with van der Waals surface area (Å²) in [5.41, 5.74) is 2.64. The second-order valence-corrected chi connectivity index (χ2v) is 6.42. The van der Waals surface area contributed by atoms with E-state index in [1.807, 2.05) is 61.5 Å². The van der Waals surface area contributed by atoms with E-state index in [9.17, 15) is 4.79 Å². The summed E-state index contributed by atoms with van der Waals surface area (Å²) < 4.78 is 5.42. The van der Waals surface area contributed by atoms with Gasteiger partial charge in [0.1, 0.15) is 5.75 Å². The van der Waals surface area contributed by atoms with Gasteiger partial charge in [0, 0.05) is 18.7 Å². The van der Waals surface area contributed by atoms with Crippen molar-refractivity contribution in [2.45, 2.75) is 19.4 Å². The number of amides is 2. The van der Waals surface area contributed by atoms with E-state index >= 15 is 0 Å². The van der Waals surface area contributed by atoms with Crippen LogP contribution < -0.4 is 10.1 Å². The summed E-state index contributed by atoms with van der Waals surface area (Å²) in [6.45, 7) is 7.13. The number of oxime groups is 1. The Morgan fingerprint density at radius 3 is 2.71 bits per heavy atom. The molecule has 1 atom stereocenters. The fourth-order valence-electron chi connectivity index (χ4n) is 2.97. The van der Waals surface area contributed by atoms with Gasteiger partial charge in [0.05, 0.1) is 18.9 Å². The molecule has 0 aromatic heterocycles. The zero-order valence-electron chi connectivity index (χ0n) is 16.0. The average Bonchev–Trinajstić information content (AvgIpc) is 3.19. The molecule has 3 rings (SSSR count). The maximum absolute atomic E-state index is 12.7. The lowest BCUT2D eigenvalue weighted by atomic mass is 10.1. The molecule has 1 unspecified atom stereocenters. The Labute approximate surface area is 165 Å². The van der Waals surface area contributed by atoms with Crippen molar-refractivity contribution in [2.75, 3.05) is 25.0 Å². The van der Waals surface area contributed by atoms with E-state index in [4.69, 9.17) is 9.57 Å². The van der Waals surface area contributed by atoms with Gasteiger partial charge in [-0.1, -0.05) is 41.6 Å². The molecule has 2 amide bonds. The molecule has 0 bridgehead atoms. The first-order valence-corrected chi connectivity index (χ1v) is 9.37. The minimum atomic E-state index is -0.208. The zero-order valence-corrected chi connectivity index (χ0v) is 16.0. The van der Waals surface area contributed by atoms with Gasteiger partial charge in [-0.2, -0.15) is 0 Å². The van der Waals surface area contributed by atoms with Crippen molar-refractivity contribution in [3.8, 4) is 5.75 Å². The van der Waals surface area contributed by atoms with Crippen LogP contribution in [0.15, 0.2) is 72.4 Å². The third-order valence-corrected chi connectivity index (χ3v) is 4.32. The van der Waals surface area contributed by atoms with E-state index in [1.165, 1.54) is 0 Å². The number of nitrogens with zero attached hydrogens (tertiary/aromatic N) is 2. The van der Waals surface area contributed by atoms with E-state index in [2.05, 4.69) is 17.1 Å². The molecular formula is C22H25N3O3. The molecule has 6 heteroatoms. The number of benzene rings is 2. The molecule has 1 N–H and O–H groups in total. The molecule has 2 aromatic rings. The van der Waals surface area contributed by atoms with Crippen LogP contribution in [0.2, 0.25) is 0 Å². The van der Waals surface area contributed by atoms with Gasteiger partial charge in [0.25, 0.3) is 0 Å². The lowest BCUT2D eigenvalue weighted by Crippen LogP contribution is -2.40. The predicted molar refractivity (Wildman–Crippen MR) is 111 cm³/mol. The average molecular weight is 379 g/mol. The number of rotatable bonds is 8. The quantitative estimate of drug-likeness (QED) is 0.696. The number of carbonyl (C=O) groups excluding carboxylic acids is 1. The van der Waals surface area contributed by atoms with Crippen LogP contribution in [-0.2, 0) is 4.84 Å². The summed E-state index contributed by atoms with van der Waals surface area (Å²) >= 11 is 0. The molecule has 6 nitrogen and oxygen atoms in total. The molecule has 2 aromatic carbocycles. The molecule has 0 aliphatic carbocycles. The van der Waals surface area contributed by atoms with Crippen molar-refractivity contribution < 1.29 is 14.4 Å². The van der Waals surface area contributed by atoms with Crippen molar-refractivity contribution in [2.24, 2.45) is 5.16 Å². The highest BCUT2D eigenvalue weighted by Crippen LogP contribution is 2.19. The van der Waals surface area contributed by atoms with Gasteiger partial charge >= 0.3 is 6.03 Å². The summed E-state index contributed by atoms with van der Waals surface area (Å²) in [6.07, 6.45) is 2.18. The summed E-state index contributed by atoms with van der Waals surface area (Å²) in [4.78, 5) is 19.9. The molecule has 28 heavy (non-hydrogen) atoms. The van der Waals surface area contributed by atoms with Crippen LogP contribution in [0.1, 0.15) is 18.9 Å². The van der Waals surface area contributed by atoms with Crippen molar-refractivity contribution in [1.82, 2.24) is 4.90 Å². The number of hydrogen-bond donors (Lipinski definition) is 1. The van der Waals surface area contributed by atoms with Crippen LogP contribution in [0.4, 0.5) is 10.5 Å². The molecule has 146 valence electrons. The smallest absolute Gasteiger partial charge is 0.322 e. The lowest BCUT2D eigenvalue weighted by Gasteiger charge is -2.24. The number of carbonyl (C=O) groups is 1. The zero-order chi connectivity index (χ0) is 19.8. The first kappa shape index (κ1) is 19.5. The molecule has 0 radical (unpaired) electrons. The Morgan fingerprint density at radius 1 is 1.29 bits per heavy atom. The standard InChI is InChI=1S/C22H25N3O3/c1-3-14-25(22(26)23-18-10-12-19(13-11-18)27-4-2)16-20-15-21(24-28-20)17-8-6-5-7-9-17/h3,5-13,20H,1,4,14-16H2,2H3,(H,23,26). The monoisotopic (exact) mass is 379 g/mol. The molecule has 1 aliphatic heterocycles. The van der Waals surface area contributed by atoms with Gasteiger partial charge in [-0.3, -0.25) is 0 Å². The Bertz CT molecular complexity index is 819. The third-order valence-electron chi connectivity index (χ3n) is 4.32. The van der Waals surface area contributed by atoms with Crippen molar-refractivity contribution >= 4 is 17.4 Å². The van der Waals surface area contributed by atoms with Crippen LogP contribution in [0, 0.1) is 0 Å². The van der Waals surface area contributed by atoms with E-state index in [0.717, 1.165) is 17.0 Å². The van der Waals surface area contributed by atoms with E-state index in [-0.39, 0.29) is 12.1 Å². The van der Waals surface area contributed by atoms with E-state index in [0.29, 0.717) is 31.8 Å². The minimum absolute atomic E-state index is 0.179. The largest absolute Gasteiger partial charge is 0.494 e. The Hall–Kier alpha value is -3.28. The first-order chi connectivity index (χ1) is 13.7. The lowest BCUT2D eigenvalue weighted by molar-refractivity contribution is 0.0645. The molecule has 0 spiro atoms. The molecule has 0 saturated carbocycles. The third kappa shape index (κ3) is 5.13. The second kappa shape index (κ2) is 9.60. The second-order valence-electron chi connectivity index (χ2n) is 6.42. The van der Waals surface area contributed by atoms with Gasteiger partial charge in [0.15, 0.2) is 6.10 Å². The van der Waals surface area contributed by atoms with Crippen LogP contribution in [0.25, 0.3) is 0 Å². The van der Waals surface area contributed by atoms with Gasteiger partial charge in [-0.15, -0.1) is 6.58 Å². The van der Waals surface area contributed by atoms with Crippen molar-refractivity contribution in [1.29, 1.82) is 0 Å². The summed E-state index contributed by atoms with van der Waals surface area (Å²) in [5.74, 6) is 0.772. The highest BCUT2D eigenvalue weighted by molar-refractivity contribution is 6.01. The summed E-state index contributed by atoms with van der Waals surface area (Å²) in [7, 11) is 0. The first-order valence-electron chi connectivity index (χ1n) is 9.37. The predicted octanol–water partition coefficient (Wildman–Crippen LogP) is 4.30. The molecule has 1 aliphatic rings. The van der Waals surface area contributed by atoms with Crippen LogP contribution >= 0.6 is 0 Å². The van der Waals surface area contributed by atoms with Crippen LogP contribution in [-0.4, -0.2) is 42.4 Å². The van der Waals surface area contributed by atoms with Crippen molar-refractivity contribution in [3.05, 3.63) is 72.8 Å². The van der Waals surface area contributed by atoms with Crippen LogP contribution in [0.5, 0.6) is 5.75 Å². The number of nitrogens with one attached hydrogen (secondary N) is 1. The fourth-order valence-corrected chi connectivity index (χ4v) is 2.97. The topological polar surface area (TPSA) is 63.2 Å². The number of hydrogen-bond acceptors (Lipinski definition) is 4. The molecule has 0 fully saturated rings. The fraction of sp³-hybridized carbons (Fsp3) is 0.273. The normalized spacial score (nSPS) is 15.3. The maximum Gasteiger partial charge on any atom is 0.322 e. The van der Waals surface area contributed by atoms with Gasteiger partial charge < -0.3 is 19.8 Å². The highest BCUT2D eigenvalue weighted by atomic mass is 16.6. The number of anilines is 1. The minimum Gasteiger partial charge on any atom is -0.494 e. The summed E-state index contributed by atoms with van der Waals surface area (Å²) in [5, 5.41) is 7.09. The maximum atomic E-state index is 12.7. The number of ether oxygens (including phenoxy) is 1. The summed E-state index contributed by atoms with van der Waals surface area (Å²) in [6, 6.07) is 17.0. The van der Waals surface area contributed by atoms with E-state index in [1.54, 1.807) is 11.0 Å². The molecule has 1 heterocycles. The Morgan fingerprint density at radius 2 is 2.04 bits per heavy atom. The highest BCUT2D eigenvalue weighted by Gasteiger charge is 2.26. The van der Waals surface area contributed by atoms with Gasteiger partial charge in [-0.25, -0.2) is 4.79 Å². The molecule has 0 saturated heterocycles. The Balaban J connectivity index is 1.57. The van der Waals surface area contributed by atoms with Crippen LogP contribution in [0.3, 0.4) is 0 Å². The van der Waals surface area contributed by atoms with Gasteiger partial charge in [0.2, 0.25) is 0 Å². The Kier molecular flexibility index (Phi) is 6.68. The van der Waals surface area contributed by atoms with E-state index < -0.39 is 0 Å². The van der Waals surface area contributed by atoms with Gasteiger partial charge in [-0.05, 0) is 36.8 Å². The van der Waals surface area contributed by atoms with Crippen molar-refractivity contribution in [3.63, 3.8) is 0 Å². The SMILES string of the molecule is C=CCN(CC1CC(c2ccccc2)=NO1)C(=O)Nc1ccc(OCC)cc1. The molecular weight excluding hydrogens is 354 g/mol. The number of urea groups is 1.